The molecule has 1 heterocycles. The molecule has 0 aliphatic rings. The van der Waals surface area contributed by atoms with Gasteiger partial charge in [0.1, 0.15) is 17.4 Å². The number of aromatic nitrogens is 2. The Balaban J connectivity index is 2.10. The fourth-order valence-corrected chi connectivity index (χ4v) is 2.02. The van der Waals surface area contributed by atoms with E-state index in [1.54, 1.807) is 48.5 Å². The number of ether oxygens (including phenoxy) is 1. The zero-order valence-corrected chi connectivity index (χ0v) is 13.2. The summed E-state index contributed by atoms with van der Waals surface area (Å²) in [5, 5.41) is 15.9. The Bertz CT molecular complexity index is 744. The van der Waals surface area contributed by atoms with E-state index in [0.717, 1.165) is 0 Å². The van der Waals surface area contributed by atoms with E-state index in [2.05, 4.69) is 10.4 Å². The van der Waals surface area contributed by atoms with Gasteiger partial charge >= 0.3 is 0 Å². The van der Waals surface area contributed by atoms with Gasteiger partial charge in [0.15, 0.2) is 0 Å². The van der Waals surface area contributed by atoms with Crippen molar-refractivity contribution in [2.45, 2.75) is 6.54 Å². The first-order chi connectivity index (χ1) is 11.2. The maximum absolute atomic E-state index is 12.2. The van der Waals surface area contributed by atoms with Crippen LogP contribution in [0.15, 0.2) is 42.2 Å². The summed E-state index contributed by atoms with van der Waals surface area (Å²) >= 11 is 5.64. The van der Waals surface area contributed by atoms with Crippen LogP contribution in [-0.4, -0.2) is 28.7 Å². The molecule has 6 nitrogen and oxygen atoms in total. The van der Waals surface area contributed by atoms with Gasteiger partial charge in [0.2, 0.25) is 0 Å². The molecule has 118 valence electrons. The van der Waals surface area contributed by atoms with Crippen LogP contribution in [0.2, 0.25) is 0 Å². The topological polar surface area (TPSA) is 79.9 Å². The summed E-state index contributed by atoms with van der Waals surface area (Å²) in [7, 11) is 1.56. The van der Waals surface area contributed by atoms with Crippen molar-refractivity contribution in [3.05, 3.63) is 47.8 Å². The van der Waals surface area contributed by atoms with Gasteiger partial charge < -0.3 is 10.1 Å². The Morgan fingerprint density at radius 1 is 1.48 bits per heavy atom. The Labute approximate surface area is 138 Å². The first kappa shape index (κ1) is 16.6. The average molecular weight is 331 g/mol. The third-order valence-electron chi connectivity index (χ3n) is 2.99. The van der Waals surface area contributed by atoms with E-state index in [1.807, 2.05) is 6.07 Å². The molecule has 7 heteroatoms. The lowest BCUT2D eigenvalue weighted by Gasteiger charge is -2.05. The summed E-state index contributed by atoms with van der Waals surface area (Å²) in [6.07, 6.45) is 4.78. The number of aryl methyl sites for hydroxylation is 1. The van der Waals surface area contributed by atoms with Crippen molar-refractivity contribution < 1.29 is 9.53 Å². The van der Waals surface area contributed by atoms with E-state index in [0.29, 0.717) is 29.4 Å². The number of methoxy groups -OCH3 is 1. The zero-order valence-electron chi connectivity index (χ0n) is 12.5. The Morgan fingerprint density at radius 3 is 2.83 bits per heavy atom. The second-order valence-electron chi connectivity index (χ2n) is 4.58. The number of halogens is 1. The number of nitrogens with one attached hydrogen (secondary N) is 1. The monoisotopic (exact) mass is 330 g/mol. The van der Waals surface area contributed by atoms with Crippen LogP contribution in [-0.2, 0) is 11.3 Å². The molecule has 0 aliphatic carbocycles. The van der Waals surface area contributed by atoms with Crippen molar-refractivity contribution in [2.75, 3.05) is 18.3 Å². The molecule has 23 heavy (non-hydrogen) atoms. The van der Waals surface area contributed by atoms with Crippen molar-refractivity contribution in [2.24, 2.45) is 0 Å². The number of carbonyl (C=O) groups excluding carboxylic acids is 1. The zero-order chi connectivity index (χ0) is 16.7. The smallest absolute Gasteiger partial charge is 0.266 e. The van der Waals surface area contributed by atoms with Gasteiger partial charge in [-0.3, -0.25) is 9.48 Å². The highest BCUT2D eigenvalue weighted by atomic mass is 35.5. The fraction of sp³-hybridized carbons (Fsp3) is 0.188. The summed E-state index contributed by atoms with van der Waals surface area (Å²) in [5.74, 6) is 0.641. The molecular formula is C16H15ClN4O2. The minimum absolute atomic E-state index is 0.00811. The summed E-state index contributed by atoms with van der Waals surface area (Å²) in [5.41, 5.74) is 1.23. The van der Waals surface area contributed by atoms with Gasteiger partial charge in [0, 0.05) is 23.3 Å². The molecule has 0 saturated carbocycles. The summed E-state index contributed by atoms with van der Waals surface area (Å²) in [4.78, 5) is 12.2. The number of benzene rings is 1. The molecule has 0 saturated heterocycles. The van der Waals surface area contributed by atoms with E-state index in [4.69, 9.17) is 16.3 Å². The number of hydrogen-bond acceptors (Lipinski definition) is 4. The average Bonchev–Trinajstić information content (AvgIpc) is 3.01. The van der Waals surface area contributed by atoms with Crippen molar-refractivity contribution in [3.63, 3.8) is 0 Å². The van der Waals surface area contributed by atoms with Crippen molar-refractivity contribution >= 4 is 29.3 Å². The molecule has 2 aromatic rings. The lowest BCUT2D eigenvalue weighted by atomic mass is 10.2. The SMILES string of the molecule is COc1ccc(NC(=O)/C(C#N)=C\c2cnn(CCCl)c2)cc1. The van der Waals surface area contributed by atoms with Crippen LogP contribution in [0.4, 0.5) is 5.69 Å². The molecule has 1 amide bonds. The maximum Gasteiger partial charge on any atom is 0.266 e. The predicted molar refractivity (Wildman–Crippen MR) is 88.2 cm³/mol. The largest absolute Gasteiger partial charge is 0.497 e. The Hall–Kier alpha value is -2.78. The Morgan fingerprint density at radius 2 is 2.22 bits per heavy atom. The summed E-state index contributed by atoms with van der Waals surface area (Å²) < 4.78 is 6.70. The van der Waals surface area contributed by atoms with Crippen LogP contribution >= 0.6 is 11.6 Å². The molecule has 2 rings (SSSR count). The molecule has 0 unspecified atom stereocenters. The molecule has 0 spiro atoms. The van der Waals surface area contributed by atoms with Crippen molar-refractivity contribution in [1.29, 1.82) is 5.26 Å². The number of carbonyl (C=O) groups is 1. The number of hydrogen-bond donors (Lipinski definition) is 1. The van der Waals surface area contributed by atoms with Gasteiger partial charge in [0.05, 0.1) is 19.9 Å². The van der Waals surface area contributed by atoms with Gasteiger partial charge in [0.25, 0.3) is 5.91 Å². The Kier molecular flexibility index (Phi) is 5.78. The third-order valence-corrected chi connectivity index (χ3v) is 3.16. The van der Waals surface area contributed by atoms with Gasteiger partial charge in [-0.05, 0) is 30.3 Å². The molecule has 1 aromatic heterocycles. The second kappa shape index (κ2) is 8.01. The fourth-order valence-electron chi connectivity index (χ4n) is 1.85. The third kappa shape index (κ3) is 4.59. The first-order valence-corrected chi connectivity index (χ1v) is 7.35. The molecule has 1 aromatic carbocycles. The maximum atomic E-state index is 12.2. The normalized spacial score (nSPS) is 10.9. The molecule has 0 bridgehead atoms. The number of alkyl halides is 1. The van der Waals surface area contributed by atoms with Crippen LogP contribution in [0.5, 0.6) is 5.75 Å². The molecule has 0 atom stereocenters. The van der Waals surface area contributed by atoms with Crippen molar-refractivity contribution in [1.82, 2.24) is 9.78 Å². The van der Waals surface area contributed by atoms with E-state index in [1.165, 1.54) is 6.08 Å². The number of anilines is 1. The van der Waals surface area contributed by atoms with E-state index >= 15 is 0 Å². The van der Waals surface area contributed by atoms with E-state index < -0.39 is 5.91 Å². The standard InChI is InChI=1S/C16H15ClN4O2/c1-23-15-4-2-14(3-5-15)20-16(22)13(9-18)8-12-10-19-21(11-12)7-6-17/h2-5,8,10-11H,6-7H2,1H3,(H,20,22)/b13-8-. The van der Waals surface area contributed by atoms with Crippen LogP contribution < -0.4 is 10.1 Å². The quantitative estimate of drug-likeness (QED) is 0.501. The van der Waals surface area contributed by atoms with Gasteiger partial charge in [-0.2, -0.15) is 10.4 Å². The molecule has 0 fully saturated rings. The minimum atomic E-state index is -0.484. The summed E-state index contributed by atoms with van der Waals surface area (Å²) in [6.45, 7) is 0.565. The molecule has 0 radical (unpaired) electrons. The molecular weight excluding hydrogens is 316 g/mol. The van der Waals surface area contributed by atoms with Crippen LogP contribution in [0, 0.1) is 11.3 Å². The highest BCUT2D eigenvalue weighted by molar-refractivity contribution is 6.17. The highest BCUT2D eigenvalue weighted by Crippen LogP contribution is 2.16. The summed E-state index contributed by atoms with van der Waals surface area (Å²) in [6, 6.07) is 8.74. The van der Waals surface area contributed by atoms with Crippen LogP contribution in [0.3, 0.4) is 0 Å². The van der Waals surface area contributed by atoms with E-state index in [-0.39, 0.29) is 5.57 Å². The lowest BCUT2D eigenvalue weighted by molar-refractivity contribution is -0.112. The number of amides is 1. The number of nitriles is 1. The predicted octanol–water partition coefficient (Wildman–Crippen LogP) is 2.68. The lowest BCUT2D eigenvalue weighted by Crippen LogP contribution is -2.13. The van der Waals surface area contributed by atoms with Crippen molar-refractivity contribution in [3.8, 4) is 11.8 Å². The van der Waals surface area contributed by atoms with Gasteiger partial charge in [-0.25, -0.2) is 0 Å². The molecule has 0 aliphatic heterocycles. The highest BCUT2D eigenvalue weighted by Gasteiger charge is 2.10. The first-order valence-electron chi connectivity index (χ1n) is 6.82. The number of rotatable bonds is 6. The van der Waals surface area contributed by atoms with Crippen LogP contribution in [0.25, 0.3) is 6.08 Å². The van der Waals surface area contributed by atoms with E-state index in [9.17, 15) is 10.1 Å². The van der Waals surface area contributed by atoms with Gasteiger partial charge in [-0.1, -0.05) is 0 Å². The molecule has 1 N–H and O–H groups in total. The van der Waals surface area contributed by atoms with Crippen LogP contribution in [0.1, 0.15) is 5.56 Å². The second-order valence-corrected chi connectivity index (χ2v) is 4.96. The van der Waals surface area contributed by atoms with Gasteiger partial charge in [-0.15, -0.1) is 11.6 Å². The minimum Gasteiger partial charge on any atom is -0.497 e. The number of nitrogens with zero attached hydrogens (tertiary/aromatic N) is 3.